The summed E-state index contributed by atoms with van der Waals surface area (Å²) in [6.45, 7) is 6.97. The van der Waals surface area contributed by atoms with Crippen LogP contribution in [0.2, 0.25) is 0 Å². The first kappa shape index (κ1) is 14.0. The van der Waals surface area contributed by atoms with E-state index in [1.54, 1.807) is 0 Å². The second-order valence-electron chi connectivity index (χ2n) is 4.98. The number of rotatable bonds is 3. The van der Waals surface area contributed by atoms with E-state index in [4.69, 9.17) is 4.52 Å². The van der Waals surface area contributed by atoms with Gasteiger partial charge < -0.3 is 9.84 Å². The Morgan fingerprint density at radius 2 is 2.15 bits per heavy atom. The average molecular weight is 384 g/mol. The van der Waals surface area contributed by atoms with Gasteiger partial charge in [0.25, 0.3) is 5.89 Å². The van der Waals surface area contributed by atoms with Crippen LogP contribution in [0, 0.1) is 10.5 Å². The molecule has 1 fully saturated rings. The summed E-state index contributed by atoms with van der Waals surface area (Å²) in [5.74, 6) is 1.38. The topological polar surface area (TPSA) is 54.2 Å². The van der Waals surface area contributed by atoms with Crippen LogP contribution in [0.3, 0.4) is 0 Å². The fourth-order valence-corrected chi connectivity index (χ4v) is 2.90. The number of aromatic nitrogens is 2. The summed E-state index contributed by atoms with van der Waals surface area (Å²) in [7, 11) is 0. The molecule has 20 heavy (non-hydrogen) atoms. The lowest BCUT2D eigenvalue weighted by molar-refractivity contribution is 0.225. The minimum absolute atomic E-state index is 0.614. The summed E-state index contributed by atoms with van der Waals surface area (Å²) in [4.78, 5) is 6.87. The summed E-state index contributed by atoms with van der Waals surface area (Å²) in [6, 6.07) is 6.13. The lowest BCUT2D eigenvalue weighted by Gasteiger charge is -2.25. The van der Waals surface area contributed by atoms with Gasteiger partial charge >= 0.3 is 0 Å². The maximum absolute atomic E-state index is 5.42. The molecule has 1 aliphatic heterocycles. The lowest BCUT2D eigenvalue weighted by Crippen LogP contribution is -2.43. The number of aryl methyl sites for hydroxylation is 1. The smallest absolute Gasteiger partial charge is 0.259 e. The van der Waals surface area contributed by atoms with Crippen LogP contribution in [0.15, 0.2) is 22.7 Å². The highest BCUT2D eigenvalue weighted by molar-refractivity contribution is 14.1. The van der Waals surface area contributed by atoms with Gasteiger partial charge in [0.05, 0.1) is 12.1 Å². The van der Waals surface area contributed by atoms with Crippen LogP contribution in [0.5, 0.6) is 0 Å². The molecule has 1 aliphatic rings. The summed E-state index contributed by atoms with van der Waals surface area (Å²) < 4.78 is 6.59. The highest BCUT2D eigenvalue weighted by Crippen LogP contribution is 2.26. The Morgan fingerprint density at radius 3 is 2.95 bits per heavy atom. The van der Waals surface area contributed by atoms with Crippen molar-refractivity contribution < 1.29 is 4.52 Å². The molecule has 0 spiro atoms. The Labute approximate surface area is 131 Å². The van der Waals surface area contributed by atoms with Crippen molar-refractivity contribution in [1.82, 2.24) is 20.4 Å². The minimum atomic E-state index is 0.614. The Balaban J connectivity index is 1.77. The number of piperazine rings is 1. The van der Waals surface area contributed by atoms with Gasteiger partial charge in [0.2, 0.25) is 0 Å². The van der Waals surface area contributed by atoms with Crippen molar-refractivity contribution in [2.75, 3.05) is 26.2 Å². The van der Waals surface area contributed by atoms with E-state index >= 15 is 0 Å². The zero-order valence-corrected chi connectivity index (χ0v) is 13.6. The summed E-state index contributed by atoms with van der Waals surface area (Å²) in [5.41, 5.74) is 2.25. The Kier molecular flexibility index (Phi) is 4.32. The molecule has 0 bridgehead atoms. The van der Waals surface area contributed by atoms with E-state index in [9.17, 15) is 0 Å². The van der Waals surface area contributed by atoms with Gasteiger partial charge in [0, 0.05) is 29.7 Å². The van der Waals surface area contributed by atoms with Crippen LogP contribution in [0.1, 0.15) is 11.4 Å². The maximum atomic E-state index is 5.42. The predicted molar refractivity (Wildman–Crippen MR) is 85.3 cm³/mol. The number of halogens is 1. The van der Waals surface area contributed by atoms with Crippen LogP contribution in [-0.2, 0) is 6.54 Å². The Morgan fingerprint density at radius 1 is 1.35 bits per heavy atom. The van der Waals surface area contributed by atoms with Gasteiger partial charge in [-0.3, -0.25) is 4.90 Å². The zero-order chi connectivity index (χ0) is 13.9. The quantitative estimate of drug-likeness (QED) is 0.822. The number of benzene rings is 1. The summed E-state index contributed by atoms with van der Waals surface area (Å²) in [6.07, 6.45) is 0. The van der Waals surface area contributed by atoms with E-state index in [2.05, 4.69) is 55.9 Å². The molecule has 5 nitrogen and oxygen atoms in total. The van der Waals surface area contributed by atoms with Gasteiger partial charge in [-0.1, -0.05) is 17.3 Å². The van der Waals surface area contributed by atoms with Crippen LogP contribution >= 0.6 is 22.6 Å². The monoisotopic (exact) mass is 384 g/mol. The van der Waals surface area contributed by atoms with Crippen molar-refractivity contribution in [2.45, 2.75) is 13.5 Å². The van der Waals surface area contributed by atoms with E-state index < -0.39 is 0 Å². The molecular formula is C14H17IN4O. The molecular weight excluding hydrogens is 367 g/mol. The van der Waals surface area contributed by atoms with E-state index in [0.29, 0.717) is 5.89 Å². The van der Waals surface area contributed by atoms with Crippen molar-refractivity contribution >= 4 is 22.6 Å². The Hall–Kier alpha value is -0.990. The number of nitrogens with one attached hydrogen (secondary N) is 1. The third-order valence-corrected chi connectivity index (χ3v) is 4.90. The number of nitrogens with zero attached hydrogens (tertiary/aromatic N) is 3. The molecule has 1 saturated heterocycles. The first-order chi connectivity index (χ1) is 9.74. The van der Waals surface area contributed by atoms with Crippen LogP contribution in [0.25, 0.3) is 11.5 Å². The molecule has 0 aliphatic carbocycles. The molecule has 3 rings (SSSR count). The molecule has 0 unspecified atom stereocenters. The second-order valence-corrected chi connectivity index (χ2v) is 6.06. The first-order valence-electron chi connectivity index (χ1n) is 6.75. The molecule has 2 heterocycles. The second kappa shape index (κ2) is 6.19. The van der Waals surface area contributed by atoms with E-state index in [1.165, 1.54) is 9.13 Å². The van der Waals surface area contributed by atoms with Crippen LogP contribution < -0.4 is 5.32 Å². The van der Waals surface area contributed by atoms with Gasteiger partial charge in [-0.2, -0.15) is 4.98 Å². The van der Waals surface area contributed by atoms with Crippen molar-refractivity contribution in [3.63, 3.8) is 0 Å². The van der Waals surface area contributed by atoms with E-state index in [0.717, 1.165) is 44.1 Å². The maximum Gasteiger partial charge on any atom is 0.259 e. The van der Waals surface area contributed by atoms with Gasteiger partial charge in [0.15, 0.2) is 5.82 Å². The van der Waals surface area contributed by atoms with Crippen molar-refractivity contribution in [3.8, 4) is 11.5 Å². The molecule has 0 atom stereocenters. The zero-order valence-electron chi connectivity index (χ0n) is 11.4. The Bertz CT molecular complexity index is 593. The number of hydrogen-bond donors (Lipinski definition) is 1. The van der Waals surface area contributed by atoms with Crippen LogP contribution in [-0.4, -0.2) is 41.2 Å². The third-order valence-electron chi connectivity index (χ3n) is 3.46. The van der Waals surface area contributed by atoms with Crippen molar-refractivity contribution in [3.05, 3.63) is 33.2 Å². The number of hydrogen-bond acceptors (Lipinski definition) is 5. The molecule has 0 amide bonds. The van der Waals surface area contributed by atoms with Gasteiger partial charge in [-0.05, 0) is 41.1 Å². The normalized spacial score (nSPS) is 16.5. The molecule has 1 N–H and O–H groups in total. The molecule has 0 saturated carbocycles. The standard InChI is InChI=1S/C14H17IN4O/c1-10-3-2-4-11(13(10)15)14-17-12(18-20-14)9-19-7-5-16-6-8-19/h2-4,16H,5-9H2,1H3. The molecule has 106 valence electrons. The third kappa shape index (κ3) is 3.02. The molecule has 2 aromatic rings. The first-order valence-corrected chi connectivity index (χ1v) is 7.83. The highest BCUT2D eigenvalue weighted by atomic mass is 127. The molecule has 1 aromatic carbocycles. The average Bonchev–Trinajstić information content (AvgIpc) is 2.91. The van der Waals surface area contributed by atoms with Gasteiger partial charge in [0.1, 0.15) is 0 Å². The van der Waals surface area contributed by atoms with Crippen molar-refractivity contribution in [1.29, 1.82) is 0 Å². The summed E-state index contributed by atoms with van der Waals surface area (Å²) >= 11 is 2.33. The van der Waals surface area contributed by atoms with Crippen LogP contribution in [0.4, 0.5) is 0 Å². The van der Waals surface area contributed by atoms with Crippen molar-refractivity contribution in [2.24, 2.45) is 0 Å². The van der Waals surface area contributed by atoms with E-state index in [1.807, 2.05) is 12.1 Å². The molecule has 1 aromatic heterocycles. The largest absolute Gasteiger partial charge is 0.334 e. The molecule has 6 heteroatoms. The van der Waals surface area contributed by atoms with Gasteiger partial charge in [-0.25, -0.2) is 0 Å². The minimum Gasteiger partial charge on any atom is -0.334 e. The molecule has 0 radical (unpaired) electrons. The SMILES string of the molecule is Cc1cccc(-c2nc(CN3CCNCC3)no2)c1I. The predicted octanol–water partition coefficient (Wildman–Crippen LogP) is 2.05. The fraction of sp³-hybridized carbons (Fsp3) is 0.429. The highest BCUT2D eigenvalue weighted by Gasteiger charge is 2.16. The van der Waals surface area contributed by atoms with Gasteiger partial charge in [-0.15, -0.1) is 0 Å². The van der Waals surface area contributed by atoms with E-state index in [-0.39, 0.29) is 0 Å². The lowest BCUT2D eigenvalue weighted by atomic mass is 10.1. The fourth-order valence-electron chi connectivity index (χ4n) is 2.31. The summed E-state index contributed by atoms with van der Waals surface area (Å²) in [5, 5.41) is 7.44.